The summed E-state index contributed by atoms with van der Waals surface area (Å²) in [5.41, 5.74) is -0.251. The van der Waals surface area contributed by atoms with Gasteiger partial charge in [-0.2, -0.15) is 9.57 Å². The molecule has 0 saturated carbocycles. The maximum atomic E-state index is 12.3. The molecule has 0 spiro atoms. The van der Waals surface area contributed by atoms with Gasteiger partial charge in [-0.3, -0.25) is 0 Å². The fraction of sp³-hybridized carbons (Fsp3) is 0.333. The van der Waals surface area contributed by atoms with Gasteiger partial charge < -0.3 is 10.2 Å². The third-order valence-electron chi connectivity index (χ3n) is 2.75. The van der Waals surface area contributed by atoms with E-state index in [0.717, 1.165) is 16.4 Å². The van der Waals surface area contributed by atoms with Gasteiger partial charge in [-0.1, -0.05) is 0 Å². The van der Waals surface area contributed by atoms with Crippen LogP contribution in [0.4, 0.5) is 0 Å². The highest BCUT2D eigenvalue weighted by Crippen LogP contribution is 2.27. The van der Waals surface area contributed by atoms with Crippen LogP contribution in [0.1, 0.15) is 22.3 Å². The van der Waals surface area contributed by atoms with Crippen LogP contribution in [0.2, 0.25) is 0 Å². The number of hydrogen-bond acceptors (Lipinski definition) is 5. The van der Waals surface area contributed by atoms with E-state index in [2.05, 4.69) is 0 Å². The Morgan fingerprint density at radius 1 is 1.45 bits per heavy atom. The van der Waals surface area contributed by atoms with Gasteiger partial charge in [0.05, 0.1) is 11.0 Å². The lowest BCUT2D eigenvalue weighted by Crippen LogP contribution is -2.28. The highest BCUT2D eigenvalue weighted by atomic mass is 32.2. The summed E-state index contributed by atoms with van der Waals surface area (Å²) in [6.07, 6.45) is 0.0264. The molecular formula is C12H14N2O5S. The molecule has 0 atom stereocenters. The Hall–Kier alpha value is -2.11. The van der Waals surface area contributed by atoms with Crippen molar-refractivity contribution in [2.45, 2.75) is 18.2 Å². The first-order valence-corrected chi connectivity index (χ1v) is 7.06. The second kappa shape index (κ2) is 5.90. The third kappa shape index (κ3) is 3.07. The van der Waals surface area contributed by atoms with Gasteiger partial charge in [0.1, 0.15) is 11.3 Å². The maximum Gasteiger partial charge on any atom is 0.339 e. The molecule has 0 amide bonds. The molecule has 7 nitrogen and oxygen atoms in total. The summed E-state index contributed by atoms with van der Waals surface area (Å²) < 4.78 is 25.5. The molecule has 0 saturated heterocycles. The van der Waals surface area contributed by atoms with Gasteiger partial charge in [0.15, 0.2) is 0 Å². The Balaban J connectivity index is 3.35. The third-order valence-corrected chi connectivity index (χ3v) is 4.75. The summed E-state index contributed by atoms with van der Waals surface area (Å²) in [6.45, 7) is 1.46. The van der Waals surface area contributed by atoms with Crippen molar-refractivity contribution in [3.63, 3.8) is 0 Å². The van der Waals surface area contributed by atoms with Crippen LogP contribution in [0.15, 0.2) is 17.0 Å². The lowest BCUT2D eigenvalue weighted by atomic mass is 10.1. The van der Waals surface area contributed by atoms with Crippen molar-refractivity contribution in [3.8, 4) is 11.8 Å². The summed E-state index contributed by atoms with van der Waals surface area (Å²) in [4.78, 5) is 10.7. The Labute approximate surface area is 116 Å². The molecule has 0 aliphatic rings. The van der Waals surface area contributed by atoms with Crippen molar-refractivity contribution in [1.29, 1.82) is 5.26 Å². The van der Waals surface area contributed by atoms with E-state index in [1.807, 2.05) is 6.07 Å². The molecule has 0 aromatic heterocycles. The zero-order valence-corrected chi connectivity index (χ0v) is 11.8. The van der Waals surface area contributed by atoms with E-state index in [0.29, 0.717) is 0 Å². The Kier molecular flexibility index (Phi) is 4.70. The number of hydrogen-bond donors (Lipinski definition) is 2. The van der Waals surface area contributed by atoms with Crippen molar-refractivity contribution in [2.75, 3.05) is 13.6 Å². The van der Waals surface area contributed by atoms with Crippen LogP contribution in [0.3, 0.4) is 0 Å². The van der Waals surface area contributed by atoms with Crippen LogP contribution in [-0.2, 0) is 10.0 Å². The molecule has 1 aromatic carbocycles. The zero-order chi connectivity index (χ0) is 15.5. The molecule has 1 rings (SSSR count). The van der Waals surface area contributed by atoms with Gasteiger partial charge in [0.2, 0.25) is 10.0 Å². The molecule has 0 unspecified atom stereocenters. The van der Waals surface area contributed by atoms with Crippen molar-refractivity contribution in [3.05, 3.63) is 23.3 Å². The highest BCUT2D eigenvalue weighted by Gasteiger charge is 2.25. The summed E-state index contributed by atoms with van der Waals surface area (Å²) >= 11 is 0. The SMILES string of the molecule is Cc1cc(O)c(C(=O)O)cc1S(=O)(=O)N(C)CCC#N. The molecule has 20 heavy (non-hydrogen) atoms. The molecule has 1 aromatic rings. The first kappa shape index (κ1) is 15.9. The van der Waals surface area contributed by atoms with Crippen molar-refractivity contribution in [1.82, 2.24) is 4.31 Å². The topological polar surface area (TPSA) is 119 Å². The van der Waals surface area contributed by atoms with Crippen LogP contribution in [0.5, 0.6) is 5.75 Å². The molecule has 8 heteroatoms. The number of aryl methyl sites for hydroxylation is 1. The van der Waals surface area contributed by atoms with E-state index in [4.69, 9.17) is 10.4 Å². The molecular weight excluding hydrogens is 284 g/mol. The molecule has 0 radical (unpaired) electrons. The lowest BCUT2D eigenvalue weighted by molar-refractivity contribution is 0.0693. The van der Waals surface area contributed by atoms with Crippen LogP contribution in [0, 0.1) is 18.3 Å². The summed E-state index contributed by atoms with van der Waals surface area (Å²) in [6, 6.07) is 3.85. The van der Waals surface area contributed by atoms with Gasteiger partial charge in [0, 0.05) is 20.0 Å². The average Bonchev–Trinajstić information content (AvgIpc) is 2.34. The van der Waals surface area contributed by atoms with Gasteiger partial charge in [-0.25, -0.2) is 13.2 Å². The van der Waals surface area contributed by atoms with Crippen molar-refractivity contribution >= 4 is 16.0 Å². The molecule has 0 aliphatic carbocycles. The minimum Gasteiger partial charge on any atom is -0.507 e. The van der Waals surface area contributed by atoms with E-state index in [9.17, 15) is 18.3 Å². The standard InChI is InChI=1S/C12H14N2O5S/c1-8-6-10(15)9(12(16)17)7-11(8)20(18,19)14(2)5-3-4-13/h6-7,15H,3,5H2,1-2H3,(H,16,17). The predicted octanol–water partition coefficient (Wildman–Crippen LogP) is 0.933. The fourth-order valence-electron chi connectivity index (χ4n) is 1.62. The number of carboxylic acids is 1. The first-order chi connectivity index (χ1) is 9.21. The average molecular weight is 298 g/mol. The molecule has 0 aliphatic heterocycles. The lowest BCUT2D eigenvalue weighted by Gasteiger charge is -2.18. The van der Waals surface area contributed by atoms with Crippen LogP contribution in [0.25, 0.3) is 0 Å². The Bertz CT molecular complexity index is 676. The first-order valence-electron chi connectivity index (χ1n) is 5.62. The number of phenols is 1. The van der Waals surface area contributed by atoms with E-state index in [-0.39, 0.29) is 23.4 Å². The van der Waals surface area contributed by atoms with Gasteiger partial charge in [0.25, 0.3) is 0 Å². The summed E-state index contributed by atoms with van der Waals surface area (Å²) in [7, 11) is -2.60. The summed E-state index contributed by atoms with van der Waals surface area (Å²) in [5, 5.41) is 26.9. The van der Waals surface area contributed by atoms with Crippen LogP contribution in [-0.4, -0.2) is 42.5 Å². The second-order valence-electron chi connectivity index (χ2n) is 4.17. The molecule has 2 N–H and O–H groups in total. The number of benzene rings is 1. The van der Waals surface area contributed by atoms with Crippen molar-refractivity contribution < 1.29 is 23.4 Å². The number of nitriles is 1. The van der Waals surface area contributed by atoms with E-state index >= 15 is 0 Å². The number of aromatic hydroxyl groups is 1. The highest BCUT2D eigenvalue weighted by molar-refractivity contribution is 7.89. The molecule has 108 valence electrons. The maximum absolute atomic E-state index is 12.3. The number of sulfonamides is 1. The van der Waals surface area contributed by atoms with Gasteiger partial charge in [-0.15, -0.1) is 0 Å². The van der Waals surface area contributed by atoms with Crippen LogP contribution < -0.4 is 0 Å². The second-order valence-corrected chi connectivity index (χ2v) is 6.19. The Morgan fingerprint density at radius 3 is 2.55 bits per heavy atom. The normalized spacial score (nSPS) is 11.3. The largest absolute Gasteiger partial charge is 0.507 e. The number of nitrogens with zero attached hydrogens (tertiary/aromatic N) is 2. The molecule has 0 heterocycles. The quantitative estimate of drug-likeness (QED) is 0.834. The number of rotatable bonds is 5. The summed E-state index contributed by atoms with van der Waals surface area (Å²) in [5.74, 6) is -1.91. The van der Waals surface area contributed by atoms with Gasteiger partial charge in [-0.05, 0) is 24.6 Å². The van der Waals surface area contributed by atoms with Crippen LogP contribution >= 0.6 is 0 Å². The Morgan fingerprint density at radius 2 is 2.05 bits per heavy atom. The minimum absolute atomic E-state index is 0.00154. The van der Waals surface area contributed by atoms with Gasteiger partial charge >= 0.3 is 5.97 Å². The van der Waals surface area contributed by atoms with Crippen molar-refractivity contribution in [2.24, 2.45) is 0 Å². The smallest absolute Gasteiger partial charge is 0.339 e. The minimum atomic E-state index is -3.91. The monoisotopic (exact) mass is 298 g/mol. The number of carboxylic acid groups (broad SMARTS) is 1. The zero-order valence-electron chi connectivity index (χ0n) is 11.0. The van der Waals surface area contributed by atoms with E-state index in [1.54, 1.807) is 0 Å². The molecule has 0 bridgehead atoms. The van der Waals surface area contributed by atoms with E-state index < -0.39 is 27.3 Å². The molecule has 0 fully saturated rings. The fourth-order valence-corrected chi connectivity index (χ4v) is 3.02. The van der Waals surface area contributed by atoms with E-state index in [1.165, 1.54) is 14.0 Å². The predicted molar refractivity (Wildman–Crippen MR) is 69.8 cm³/mol. The number of carbonyl (C=O) groups is 1. The number of aromatic carboxylic acids is 1.